The summed E-state index contributed by atoms with van der Waals surface area (Å²) in [6.07, 6.45) is 2.14. The Kier molecular flexibility index (Phi) is 3.43. The normalized spacial score (nSPS) is 13.3. The number of benzene rings is 1. The molecule has 0 atom stereocenters. The van der Waals surface area contributed by atoms with E-state index in [4.69, 9.17) is 0 Å². The molecular formula is C13H12BrNO2. The van der Waals surface area contributed by atoms with Gasteiger partial charge in [0.05, 0.1) is 10.9 Å². The largest absolute Gasteiger partial charge is 0.356 e. The van der Waals surface area contributed by atoms with Crippen LogP contribution < -0.4 is 5.32 Å². The number of ketones is 1. The number of amides is 1. The third-order valence-corrected chi connectivity index (χ3v) is 3.19. The minimum Gasteiger partial charge on any atom is -0.356 e. The van der Waals surface area contributed by atoms with Gasteiger partial charge in [-0.15, -0.1) is 0 Å². The fourth-order valence-corrected chi connectivity index (χ4v) is 2.28. The number of rotatable bonds is 3. The predicted molar refractivity (Wildman–Crippen MR) is 70.1 cm³/mol. The minimum atomic E-state index is -0.000168. The summed E-state index contributed by atoms with van der Waals surface area (Å²) in [5.74, 6) is 0.00405. The fraction of sp³-hybridized carbons (Fsp3) is 0.231. The average molecular weight is 294 g/mol. The minimum absolute atomic E-state index is 0.000168. The van der Waals surface area contributed by atoms with Crippen LogP contribution >= 0.6 is 15.9 Å². The van der Waals surface area contributed by atoms with E-state index in [0.717, 1.165) is 11.1 Å². The van der Waals surface area contributed by atoms with E-state index in [1.54, 1.807) is 12.1 Å². The van der Waals surface area contributed by atoms with Gasteiger partial charge in [0.1, 0.15) is 0 Å². The van der Waals surface area contributed by atoms with Crippen LogP contribution in [0.1, 0.15) is 28.4 Å². The molecule has 1 aliphatic rings. The Hall–Kier alpha value is -1.42. The van der Waals surface area contributed by atoms with Gasteiger partial charge < -0.3 is 5.32 Å². The van der Waals surface area contributed by atoms with E-state index in [-0.39, 0.29) is 11.7 Å². The molecule has 0 unspecified atom stereocenters. The van der Waals surface area contributed by atoms with E-state index in [9.17, 15) is 9.59 Å². The van der Waals surface area contributed by atoms with Crippen molar-refractivity contribution in [2.75, 3.05) is 6.54 Å². The van der Waals surface area contributed by atoms with E-state index in [1.165, 1.54) is 0 Å². The summed E-state index contributed by atoms with van der Waals surface area (Å²) in [4.78, 5) is 23.1. The topological polar surface area (TPSA) is 46.2 Å². The van der Waals surface area contributed by atoms with E-state index in [2.05, 4.69) is 21.2 Å². The molecule has 3 nitrogen and oxygen atoms in total. The van der Waals surface area contributed by atoms with E-state index < -0.39 is 0 Å². The Balaban J connectivity index is 2.21. The smallest absolute Gasteiger partial charge is 0.224 e. The van der Waals surface area contributed by atoms with Crippen LogP contribution in [0.25, 0.3) is 6.08 Å². The zero-order valence-corrected chi connectivity index (χ0v) is 11.0. The van der Waals surface area contributed by atoms with Gasteiger partial charge in [0.25, 0.3) is 0 Å². The lowest BCUT2D eigenvalue weighted by Crippen LogP contribution is -2.24. The third-order valence-electron chi connectivity index (χ3n) is 2.60. The molecule has 0 radical (unpaired) electrons. The Morgan fingerprint density at radius 3 is 2.88 bits per heavy atom. The summed E-state index contributed by atoms with van der Waals surface area (Å²) in [5, 5.41) is 2.75. The van der Waals surface area contributed by atoms with Crippen LogP contribution in [0.15, 0.2) is 22.7 Å². The molecule has 2 rings (SSSR count). The first-order valence-electron chi connectivity index (χ1n) is 5.43. The van der Waals surface area contributed by atoms with Crippen molar-refractivity contribution in [2.45, 2.75) is 13.3 Å². The molecule has 0 saturated carbocycles. The summed E-state index contributed by atoms with van der Waals surface area (Å²) >= 11 is 3.22. The van der Waals surface area contributed by atoms with Crippen molar-refractivity contribution in [3.8, 4) is 0 Å². The van der Waals surface area contributed by atoms with E-state index in [0.29, 0.717) is 23.0 Å². The van der Waals surface area contributed by atoms with Crippen molar-refractivity contribution in [1.82, 2.24) is 5.32 Å². The number of carbonyl (C=O) groups is 2. The standard InChI is InChI=1S/C13H12BrNO2/c1-2-15-12(16)6-8-3-4-10-9(5-8)7-11(14)13(10)17/h3-5,7H,2,6H2,1H3,(H,15,16). The molecule has 1 N–H and O–H groups in total. The Bertz CT molecular complexity index is 520. The number of allylic oxidation sites excluding steroid dienone is 1. The summed E-state index contributed by atoms with van der Waals surface area (Å²) in [6.45, 7) is 2.52. The van der Waals surface area contributed by atoms with Crippen molar-refractivity contribution < 1.29 is 9.59 Å². The van der Waals surface area contributed by atoms with Gasteiger partial charge in [-0.1, -0.05) is 18.2 Å². The van der Waals surface area contributed by atoms with Gasteiger partial charge in [-0.2, -0.15) is 0 Å². The first-order chi connectivity index (χ1) is 8.11. The highest BCUT2D eigenvalue weighted by atomic mass is 79.9. The van der Waals surface area contributed by atoms with Crippen LogP contribution in [0.2, 0.25) is 0 Å². The van der Waals surface area contributed by atoms with Crippen LogP contribution in [-0.2, 0) is 11.2 Å². The molecule has 0 bridgehead atoms. The maximum absolute atomic E-state index is 11.6. The molecule has 1 amide bonds. The summed E-state index contributed by atoms with van der Waals surface area (Å²) in [7, 11) is 0. The number of hydrogen-bond donors (Lipinski definition) is 1. The number of halogens is 1. The number of Topliss-reactive ketones (excluding diaryl/α,β-unsaturated/α-hetero) is 1. The van der Waals surface area contributed by atoms with Gasteiger partial charge in [0.2, 0.25) is 11.7 Å². The molecule has 0 aliphatic heterocycles. The molecule has 0 aromatic heterocycles. The molecule has 1 aromatic carbocycles. The molecule has 4 heteroatoms. The molecule has 0 heterocycles. The summed E-state index contributed by atoms with van der Waals surface area (Å²) < 4.78 is 0.572. The first-order valence-corrected chi connectivity index (χ1v) is 6.22. The number of hydrogen-bond acceptors (Lipinski definition) is 2. The second-order valence-electron chi connectivity index (χ2n) is 3.87. The van der Waals surface area contributed by atoms with Gasteiger partial charge >= 0.3 is 0 Å². The zero-order valence-electron chi connectivity index (χ0n) is 9.42. The maximum Gasteiger partial charge on any atom is 0.224 e. The van der Waals surface area contributed by atoms with Crippen molar-refractivity contribution in [2.24, 2.45) is 0 Å². The maximum atomic E-state index is 11.6. The number of carbonyl (C=O) groups excluding carboxylic acids is 2. The first kappa shape index (κ1) is 12.0. The molecular weight excluding hydrogens is 282 g/mol. The van der Waals surface area contributed by atoms with Crippen molar-refractivity contribution >= 4 is 33.7 Å². The number of nitrogens with one attached hydrogen (secondary N) is 1. The lowest BCUT2D eigenvalue weighted by atomic mass is 10.0. The highest BCUT2D eigenvalue weighted by Gasteiger charge is 2.20. The second kappa shape index (κ2) is 4.84. The van der Waals surface area contributed by atoms with E-state index >= 15 is 0 Å². The highest BCUT2D eigenvalue weighted by Crippen LogP contribution is 2.29. The molecule has 1 aromatic rings. The fourth-order valence-electron chi connectivity index (χ4n) is 1.82. The van der Waals surface area contributed by atoms with Gasteiger partial charge in [0, 0.05) is 12.1 Å². The average Bonchev–Trinajstić information content (AvgIpc) is 2.55. The van der Waals surface area contributed by atoms with Crippen LogP contribution in [0, 0.1) is 0 Å². The van der Waals surface area contributed by atoms with Crippen molar-refractivity contribution in [3.05, 3.63) is 39.4 Å². The quantitative estimate of drug-likeness (QED) is 0.929. The zero-order chi connectivity index (χ0) is 12.4. The van der Waals surface area contributed by atoms with Gasteiger partial charge in [-0.3, -0.25) is 9.59 Å². The molecule has 1 aliphatic carbocycles. The summed E-state index contributed by atoms with van der Waals surface area (Å²) in [6, 6.07) is 5.49. The third kappa shape index (κ3) is 2.47. The number of likely N-dealkylation sites (N-methyl/N-ethyl adjacent to an activating group) is 1. The highest BCUT2D eigenvalue weighted by molar-refractivity contribution is 9.12. The van der Waals surface area contributed by atoms with Crippen LogP contribution in [0.3, 0.4) is 0 Å². The van der Waals surface area contributed by atoms with Crippen LogP contribution in [-0.4, -0.2) is 18.2 Å². The molecule has 88 valence electrons. The molecule has 0 fully saturated rings. The monoisotopic (exact) mass is 293 g/mol. The SMILES string of the molecule is CCNC(=O)Cc1ccc2c(c1)C=C(Br)C2=O. The van der Waals surface area contributed by atoms with Gasteiger partial charge in [-0.25, -0.2) is 0 Å². The lowest BCUT2D eigenvalue weighted by Gasteiger charge is -2.04. The predicted octanol–water partition coefficient (Wildman–Crippen LogP) is 2.30. The van der Waals surface area contributed by atoms with Crippen molar-refractivity contribution in [1.29, 1.82) is 0 Å². The van der Waals surface area contributed by atoms with Gasteiger partial charge in [0.15, 0.2) is 0 Å². The molecule has 0 spiro atoms. The molecule has 17 heavy (non-hydrogen) atoms. The Labute approximate surface area is 108 Å². The Morgan fingerprint density at radius 1 is 1.41 bits per heavy atom. The second-order valence-corrected chi connectivity index (χ2v) is 4.73. The summed E-state index contributed by atoms with van der Waals surface area (Å²) in [5.41, 5.74) is 2.49. The number of fused-ring (bicyclic) bond motifs is 1. The lowest BCUT2D eigenvalue weighted by molar-refractivity contribution is -0.120. The van der Waals surface area contributed by atoms with Gasteiger partial charge in [-0.05, 0) is 40.1 Å². The molecule has 0 saturated heterocycles. The van der Waals surface area contributed by atoms with E-state index in [1.807, 2.05) is 19.1 Å². The van der Waals surface area contributed by atoms with Crippen LogP contribution in [0.5, 0.6) is 0 Å². The van der Waals surface area contributed by atoms with Crippen LogP contribution in [0.4, 0.5) is 0 Å². The Morgan fingerprint density at radius 2 is 2.18 bits per heavy atom. The van der Waals surface area contributed by atoms with Crippen molar-refractivity contribution in [3.63, 3.8) is 0 Å².